The van der Waals surface area contributed by atoms with E-state index in [0.717, 1.165) is 77.9 Å². The standard InChI is InChI=1S/C46H30N4.2C42H28N4/c1-29-42-37-24-13-11-20-33(37)32-19-8-9-21-34(32)38-25-14-26-41(43(38)42)50(29)40-28-27-39(35-22-10-12-23-36(35)40)46-48-44(30-15-4-2-5-16-30)47-45(49-46)31-17-6-3-7-18-31;1-27-38-35-23-11-10-21-33(35)32-20-8-9-22-34(32)36-24-13-25-37(39(36)38)46(27)31-19-12-18-30(26-31)42-44-40(28-14-4-2-5-15-28)43-41(45-42)29-16-6-3-7-17-29;1-27-38-35-20-11-10-18-33(35)32-17-8-9-19-34(32)36-21-12-22-37(39(36)38)46(27)31-25-23-30(24-26-31)42-44-40(28-13-4-2-5-14-28)43-41(45-42)29-15-6-3-7-16-29/h2-28H,1H3;2*2-26H,1H3. The first-order valence-electron chi connectivity index (χ1n) is 48.1. The lowest BCUT2D eigenvalue weighted by Crippen LogP contribution is -2.02. The minimum absolute atomic E-state index is 0.643. The minimum atomic E-state index is 0.643. The Hall–Kier alpha value is -18.9. The molecule has 12 nitrogen and oxygen atoms in total. The Labute approximate surface area is 821 Å². The Morgan fingerprint density at radius 3 is 0.718 bits per heavy atom. The highest BCUT2D eigenvalue weighted by molar-refractivity contribution is 6.18. The Balaban J connectivity index is 0.000000109. The van der Waals surface area contributed by atoms with E-state index in [1.165, 1.54) is 150 Å². The van der Waals surface area contributed by atoms with Crippen molar-refractivity contribution in [3.63, 3.8) is 0 Å². The quantitative estimate of drug-likeness (QED) is 0.117. The van der Waals surface area contributed by atoms with E-state index in [-0.39, 0.29) is 0 Å². The zero-order valence-corrected chi connectivity index (χ0v) is 77.8. The van der Waals surface area contributed by atoms with Crippen LogP contribution < -0.4 is 0 Å². The molecule has 0 saturated heterocycles. The summed E-state index contributed by atoms with van der Waals surface area (Å²) in [6.45, 7) is 6.74. The largest absolute Gasteiger partial charge is 0.313 e. The number of aromatic nitrogens is 12. The minimum Gasteiger partial charge on any atom is -0.313 e. The van der Waals surface area contributed by atoms with Crippen molar-refractivity contribution >= 4 is 43.5 Å². The lowest BCUT2D eigenvalue weighted by molar-refractivity contribution is 1.05. The third kappa shape index (κ3) is 14.3. The van der Waals surface area contributed by atoms with Crippen LogP contribution in [-0.2, 0) is 0 Å². The zero-order valence-electron chi connectivity index (χ0n) is 77.8. The van der Waals surface area contributed by atoms with Gasteiger partial charge in [-0.1, -0.05) is 400 Å². The summed E-state index contributed by atoms with van der Waals surface area (Å²) in [5, 5.41) is 6.08. The van der Waals surface area contributed by atoms with Gasteiger partial charge >= 0.3 is 0 Å². The van der Waals surface area contributed by atoms with E-state index in [1.54, 1.807) is 0 Å². The summed E-state index contributed by atoms with van der Waals surface area (Å²) in [7, 11) is 0. The average Bonchev–Trinajstić information content (AvgIpc) is 1.56. The zero-order chi connectivity index (χ0) is 94.4. The Kier molecular flexibility index (Phi) is 20.6. The predicted octanol–water partition coefficient (Wildman–Crippen LogP) is 32.5. The van der Waals surface area contributed by atoms with E-state index in [0.29, 0.717) is 52.4 Å². The van der Waals surface area contributed by atoms with Gasteiger partial charge < -0.3 is 13.7 Å². The van der Waals surface area contributed by atoms with Gasteiger partial charge in [0.25, 0.3) is 0 Å². The van der Waals surface area contributed by atoms with Crippen LogP contribution in [0.3, 0.4) is 0 Å². The first-order chi connectivity index (χ1) is 70.2. The first-order valence-corrected chi connectivity index (χ1v) is 48.1. The van der Waals surface area contributed by atoms with Crippen molar-refractivity contribution in [3.05, 3.63) is 484 Å². The Morgan fingerprint density at radius 2 is 0.380 bits per heavy atom. The molecule has 666 valence electrons. The summed E-state index contributed by atoms with van der Waals surface area (Å²) in [6, 6.07) is 164. The van der Waals surface area contributed by atoms with Crippen molar-refractivity contribution in [2.45, 2.75) is 20.8 Å². The van der Waals surface area contributed by atoms with Gasteiger partial charge in [-0.3, -0.25) is 0 Å². The maximum Gasteiger partial charge on any atom is 0.164 e. The molecule has 25 aromatic rings. The Bertz CT molecular complexity index is 9120. The molecule has 0 saturated carbocycles. The molecular weight excluding hydrogens is 1730 g/mol. The molecule has 3 aliphatic rings. The average molecular weight is 1820 g/mol. The lowest BCUT2D eigenvalue weighted by Gasteiger charge is -2.17. The maximum atomic E-state index is 5.08. The number of hydrogen-bond acceptors (Lipinski definition) is 9. The van der Waals surface area contributed by atoms with Gasteiger partial charge in [-0.05, 0) is 176 Å². The van der Waals surface area contributed by atoms with E-state index in [1.807, 2.05) is 182 Å². The summed E-state index contributed by atoms with van der Waals surface area (Å²) in [5.41, 5.74) is 41.9. The van der Waals surface area contributed by atoms with Crippen LogP contribution in [0.1, 0.15) is 17.1 Å². The van der Waals surface area contributed by atoms with Crippen LogP contribution in [0.5, 0.6) is 0 Å². The summed E-state index contributed by atoms with van der Waals surface area (Å²) in [5.74, 6) is 5.88. The molecule has 28 rings (SSSR count). The molecule has 6 heterocycles. The Morgan fingerprint density at radius 1 is 0.148 bits per heavy atom. The second kappa shape index (κ2) is 35.0. The first kappa shape index (κ1) is 83.7. The predicted molar refractivity (Wildman–Crippen MR) is 580 cm³/mol. The van der Waals surface area contributed by atoms with E-state index >= 15 is 0 Å². The molecule has 0 amide bonds. The van der Waals surface area contributed by atoms with E-state index in [2.05, 4.69) is 320 Å². The third-order valence-corrected chi connectivity index (χ3v) is 28.0. The highest BCUT2D eigenvalue weighted by atomic mass is 15.1. The van der Waals surface area contributed by atoms with Gasteiger partial charge in [-0.2, -0.15) is 0 Å². The van der Waals surface area contributed by atoms with Crippen LogP contribution >= 0.6 is 0 Å². The second-order valence-corrected chi connectivity index (χ2v) is 36.1. The molecule has 0 N–H and O–H groups in total. The van der Waals surface area contributed by atoms with Gasteiger partial charge in [0.15, 0.2) is 52.4 Å². The molecule has 0 fully saturated rings. The number of fused-ring (bicyclic) bond motifs is 16. The smallest absolute Gasteiger partial charge is 0.164 e. The summed E-state index contributed by atoms with van der Waals surface area (Å²) in [4.78, 5) is 44.7. The SMILES string of the molecule is Cc1c2c3c(cccc3n1-c1ccc(-c3nc(-c4ccccc4)nc(-c4ccccc4)n3)c3ccccc13)-c1ccccc1-c1ccccc1-2.Cc1c2c3c(cccc3n1-c1ccc(-c3nc(-c4ccccc4)nc(-c4ccccc4)n3)cc1)-c1ccccc1-c1ccccc1-2.Cc1c2c3c(cccc3n1-c1cccc(-c3nc(-c4ccccc4)nc(-c4ccccc4)n3)c1)-c1ccccc1-c1ccccc1-2. The molecule has 0 atom stereocenters. The number of rotatable bonds is 12. The summed E-state index contributed by atoms with van der Waals surface area (Å²) >= 11 is 0. The van der Waals surface area contributed by atoms with Crippen LogP contribution in [0.4, 0.5) is 0 Å². The number of benzene rings is 19. The van der Waals surface area contributed by atoms with Crippen LogP contribution in [0, 0.1) is 20.8 Å². The molecule has 3 aliphatic carbocycles. The third-order valence-electron chi connectivity index (χ3n) is 28.0. The van der Waals surface area contributed by atoms with Crippen molar-refractivity contribution in [1.29, 1.82) is 0 Å². The fraction of sp³-hybridized carbons (Fsp3) is 0.0231. The van der Waals surface area contributed by atoms with Crippen LogP contribution in [0.15, 0.2) is 467 Å². The number of nitrogens with zero attached hydrogens (tertiary/aromatic N) is 12. The highest BCUT2D eigenvalue weighted by Gasteiger charge is 2.33. The van der Waals surface area contributed by atoms with Crippen molar-refractivity contribution in [2.75, 3.05) is 0 Å². The van der Waals surface area contributed by atoms with Gasteiger partial charge in [-0.25, -0.2) is 44.9 Å². The molecule has 0 bridgehead atoms. The van der Waals surface area contributed by atoms with Gasteiger partial charge in [0.2, 0.25) is 0 Å². The van der Waals surface area contributed by atoms with Gasteiger partial charge in [0.05, 0.1) is 22.2 Å². The fourth-order valence-corrected chi connectivity index (χ4v) is 21.7. The van der Waals surface area contributed by atoms with E-state index in [9.17, 15) is 0 Å². The normalized spacial score (nSPS) is 11.6. The molecule has 0 unspecified atom stereocenters. The second-order valence-electron chi connectivity index (χ2n) is 36.1. The lowest BCUT2D eigenvalue weighted by atomic mass is 9.94. The monoisotopic (exact) mass is 1810 g/mol. The van der Waals surface area contributed by atoms with Crippen molar-refractivity contribution in [1.82, 2.24) is 58.6 Å². The molecule has 0 radical (unpaired) electrons. The van der Waals surface area contributed by atoms with Crippen LogP contribution in [0.25, 0.3) is 263 Å². The van der Waals surface area contributed by atoms with Crippen molar-refractivity contribution in [2.24, 2.45) is 0 Å². The highest BCUT2D eigenvalue weighted by Crippen LogP contribution is 2.55. The summed E-state index contributed by atoms with van der Waals surface area (Å²) in [6.07, 6.45) is 0. The topological polar surface area (TPSA) is 131 Å². The molecule has 0 aliphatic heterocycles. The van der Waals surface area contributed by atoms with Crippen molar-refractivity contribution < 1.29 is 0 Å². The maximum absolute atomic E-state index is 5.08. The molecular formula is C130H86N12. The fourth-order valence-electron chi connectivity index (χ4n) is 21.7. The van der Waals surface area contributed by atoms with Crippen molar-refractivity contribution in [3.8, 4) is 220 Å². The van der Waals surface area contributed by atoms with Gasteiger partial charge in [0.1, 0.15) is 0 Å². The van der Waals surface area contributed by atoms with E-state index < -0.39 is 0 Å². The molecule has 19 aromatic carbocycles. The molecule has 142 heavy (non-hydrogen) atoms. The van der Waals surface area contributed by atoms with Gasteiger partial charge in [0, 0.05) is 117 Å². The van der Waals surface area contributed by atoms with Gasteiger partial charge in [-0.15, -0.1) is 0 Å². The molecule has 6 aromatic heterocycles. The summed E-state index contributed by atoms with van der Waals surface area (Å²) < 4.78 is 7.23. The van der Waals surface area contributed by atoms with Crippen LogP contribution in [-0.4, -0.2) is 58.6 Å². The van der Waals surface area contributed by atoms with Crippen LogP contribution in [0.2, 0.25) is 0 Å². The molecule has 12 heteroatoms. The number of hydrogen-bond donors (Lipinski definition) is 0. The van der Waals surface area contributed by atoms with E-state index in [4.69, 9.17) is 44.9 Å². The molecule has 0 spiro atoms.